The van der Waals surface area contributed by atoms with E-state index in [-0.39, 0.29) is 17.2 Å². The standard InChI is InChI=1S/C28H27N3O2/c1-20(2)17-18-31(22-13-7-4-8-14-22)28(33)25-19-26(30-29-21-11-5-3-6-12-21)23-15-9-10-16-24(23)27(25)32/h3-16,19-20,32H,17-18H2,1-2H3. The predicted molar refractivity (Wildman–Crippen MR) is 134 cm³/mol. The summed E-state index contributed by atoms with van der Waals surface area (Å²) in [4.78, 5) is 15.5. The van der Waals surface area contributed by atoms with Crippen LogP contribution >= 0.6 is 0 Å². The fourth-order valence-electron chi connectivity index (χ4n) is 3.68. The number of fused-ring (bicyclic) bond motifs is 1. The number of hydrogen-bond acceptors (Lipinski definition) is 4. The third kappa shape index (κ3) is 5.09. The number of carbonyl (C=O) groups excluding carboxylic acids is 1. The SMILES string of the molecule is CC(C)CCN(C(=O)c1cc(N=Nc2ccccc2)c2ccccc2c1O)c1ccccc1. The molecule has 1 N–H and O–H groups in total. The zero-order chi connectivity index (χ0) is 23.2. The Morgan fingerprint density at radius 3 is 2.12 bits per heavy atom. The van der Waals surface area contributed by atoms with E-state index in [0.717, 1.165) is 17.5 Å². The van der Waals surface area contributed by atoms with E-state index in [1.165, 1.54) is 0 Å². The summed E-state index contributed by atoms with van der Waals surface area (Å²) in [6, 6.07) is 28.0. The highest BCUT2D eigenvalue weighted by molar-refractivity contribution is 6.13. The van der Waals surface area contributed by atoms with Gasteiger partial charge >= 0.3 is 0 Å². The topological polar surface area (TPSA) is 65.3 Å². The lowest BCUT2D eigenvalue weighted by atomic mass is 10.0. The highest BCUT2D eigenvalue weighted by atomic mass is 16.3. The minimum Gasteiger partial charge on any atom is -0.506 e. The highest BCUT2D eigenvalue weighted by Crippen LogP contribution is 2.38. The maximum Gasteiger partial charge on any atom is 0.262 e. The van der Waals surface area contributed by atoms with Crippen molar-refractivity contribution < 1.29 is 9.90 Å². The maximum atomic E-state index is 13.7. The summed E-state index contributed by atoms with van der Waals surface area (Å²) < 4.78 is 0. The zero-order valence-electron chi connectivity index (χ0n) is 18.8. The van der Waals surface area contributed by atoms with Crippen LogP contribution in [0.2, 0.25) is 0 Å². The summed E-state index contributed by atoms with van der Waals surface area (Å²) >= 11 is 0. The van der Waals surface area contributed by atoms with Crippen molar-refractivity contribution in [1.29, 1.82) is 0 Å². The van der Waals surface area contributed by atoms with Crippen LogP contribution in [0.25, 0.3) is 10.8 Å². The van der Waals surface area contributed by atoms with Crippen LogP contribution in [-0.2, 0) is 0 Å². The minimum atomic E-state index is -0.263. The van der Waals surface area contributed by atoms with E-state index in [1.54, 1.807) is 17.0 Å². The molecule has 1 amide bonds. The summed E-state index contributed by atoms with van der Waals surface area (Å²) in [6.07, 6.45) is 0.843. The number of phenols is 1. The van der Waals surface area contributed by atoms with Crippen molar-refractivity contribution in [1.82, 2.24) is 0 Å². The van der Waals surface area contributed by atoms with Gasteiger partial charge in [-0.1, -0.05) is 74.5 Å². The molecular weight excluding hydrogens is 410 g/mol. The number of aromatic hydroxyl groups is 1. The van der Waals surface area contributed by atoms with E-state index in [9.17, 15) is 9.90 Å². The lowest BCUT2D eigenvalue weighted by Gasteiger charge is -2.24. The molecule has 0 saturated carbocycles. The highest BCUT2D eigenvalue weighted by Gasteiger charge is 2.23. The Labute approximate surface area is 194 Å². The van der Waals surface area contributed by atoms with Crippen molar-refractivity contribution in [3.05, 3.63) is 96.6 Å². The van der Waals surface area contributed by atoms with Crippen LogP contribution in [0.1, 0.15) is 30.6 Å². The number of anilines is 1. The van der Waals surface area contributed by atoms with Crippen molar-refractivity contribution in [2.24, 2.45) is 16.1 Å². The molecule has 0 atom stereocenters. The van der Waals surface area contributed by atoms with Gasteiger partial charge in [-0.3, -0.25) is 4.79 Å². The molecule has 0 unspecified atom stereocenters. The molecule has 0 spiro atoms. The smallest absolute Gasteiger partial charge is 0.262 e. The molecule has 4 aromatic rings. The molecule has 0 radical (unpaired) electrons. The Morgan fingerprint density at radius 1 is 0.848 bits per heavy atom. The van der Waals surface area contributed by atoms with Gasteiger partial charge in [0.05, 0.1) is 16.9 Å². The molecule has 33 heavy (non-hydrogen) atoms. The minimum absolute atomic E-state index is 0.0419. The van der Waals surface area contributed by atoms with Gasteiger partial charge in [0.1, 0.15) is 5.75 Å². The Kier molecular flexibility index (Phi) is 6.79. The molecule has 0 aromatic heterocycles. The normalized spacial score (nSPS) is 11.4. The molecule has 5 heteroatoms. The van der Waals surface area contributed by atoms with E-state index < -0.39 is 0 Å². The van der Waals surface area contributed by atoms with Gasteiger partial charge in [-0.25, -0.2) is 0 Å². The Hall–Kier alpha value is -3.99. The van der Waals surface area contributed by atoms with E-state index in [1.807, 2.05) is 78.9 Å². The lowest BCUT2D eigenvalue weighted by molar-refractivity contribution is 0.0983. The molecule has 0 aliphatic carbocycles. The fraction of sp³-hybridized carbons (Fsp3) is 0.179. The molecule has 0 saturated heterocycles. The molecule has 4 rings (SSSR count). The average Bonchev–Trinajstić information content (AvgIpc) is 2.85. The quantitative estimate of drug-likeness (QED) is 0.302. The third-order valence-electron chi connectivity index (χ3n) is 5.50. The van der Waals surface area contributed by atoms with Crippen molar-refractivity contribution in [3.63, 3.8) is 0 Å². The number of para-hydroxylation sites is 1. The lowest BCUT2D eigenvalue weighted by Crippen LogP contribution is -2.32. The summed E-state index contributed by atoms with van der Waals surface area (Å²) in [5.74, 6) is 0.130. The second kappa shape index (κ2) is 10.1. The molecule has 0 aliphatic heterocycles. The van der Waals surface area contributed by atoms with Crippen LogP contribution in [0.3, 0.4) is 0 Å². The predicted octanol–water partition coefficient (Wildman–Crippen LogP) is 7.65. The van der Waals surface area contributed by atoms with E-state index in [0.29, 0.717) is 29.2 Å². The van der Waals surface area contributed by atoms with Crippen LogP contribution in [-0.4, -0.2) is 17.6 Å². The number of rotatable bonds is 7. The zero-order valence-corrected chi connectivity index (χ0v) is 18.8. The van der Waals surface area contributed by atoms with Gasteiger partial charge in [0, 0.05) is 23.0 Å². The van der Waals surface area contributed by atoms with Crippen LogP contribution in [0.5, 0.6) is 5.75 Å². The molecule has 0 heterocycles. The molecule has 4 aromatic carbocycles. The van der Waals surface area contributed by atoms with E-state index in [4.69, 9.17) is 0 Å². The summed E-state index contributed by atoms with van der Waals surface area (Å²) in [7, 11) is 0. The van der Waals surface area contributed by atoms with Gasteiger partial charge in [-0.05, 0) is 42.7 Å². The first-order valence-corrected chi connectivity index (χ1v) is 11.1. The van der Waals surface area contributed by atoms with Crippen molar-refractivity contribution in [2.75, 3.05) is 11.4 Å². The van der Waals surface area contributed by atoms with Crippen LogP contribution in [0, 0.1) is 5.92 Å². The first-order valence-electron chi connectivity index (χ1n) is 11.1. The largest absolute Gasteiger partial charge is 0.506 e. The average molecular weight is 438 g/mol. The van der Waals surface area contributed by atoms with Crippen molar-refractivity contribution in [3.8, 4) is 5.75 Å². The van der Waals surface area contributed by atoms with Crippen LogP contribution in [0.15, 0.2) is 101 Å². The number of amides is 1. The van der Waals surface area contributed by atoms with Gasteiger partial charge in [-0.2, -0.15) is 5.11 Å². The van der Waals surface area contributed by atoms with Gasteiger partial charge in [0.15, 0.2) is 0 Å². The van der Waals surface area contributed by atoms with Gasteiger partial charge in [-0.15, -0.1) is 5.11 Å². The van der Waals surface area contributed by atoms with Crippen LogP contribution < -0.4 is 4.90 Å². The summed E-state index contributed by atoms with van der Waals surface area (Å²) in [5, 5.41) is 21.2. The van der Waals surface area contributed by atoms with Crippen molar-refractivity contribution in [2.45, 2.75) is 20.3 Å². The van der Waals surface area contributed by atoms with E-state index in [2.05, 4.69) is 24.1 Å². The Morgan fingerprint density at radius 2 is 1.45 bits per heavy atom. The monoisotopic (exact) mass is 437 g/mol. The molecule has 0 fully saturated rings. The van der Waals surface area contributed by atoms with Gasteiger partial charge < -0.3 is 10.0 Å². The number of benzene rings is 4. The fourth-order valence-corrected chi connectivity index (χ4v) is 3.68. The maximum absolute atomic E-state index is 13.7. The Balaban J connectivity index is 1.81. The molecule has 0 bridgehead atoms. The van der Waals surface area contributed by atoms with Gasteiger partial charge in [0.2, 0.25) is 0 Å². The molecule has 5 nitrogen and oxygen atoms in total. The molecule has 166 valence electrons. The third-order valence-corrected chi connectivity index (χ3v) is 5.50. The molecule has 0 aliphatic rings. The molecular formula is C28H27N3O2. The first kappa shape index (κ1) is 22.2. The summed E-state index contributed by atoms with van der Waals surface area (Å²) in [5.41, 5.74) is 2.25. The number of phenolic OH excluding ortho intramolecular Hbond substituents is 1. The number of azo groups is 1. The van der Waals surface area contributed by atoms with E-state index >= 15 is 0 Å². The first-order chi connectivity index (χ1) is 16.0. The van der Waals surface area contributed by atoms with Crippen molar-refractivity contribution >= 4 is 33.7 Å². The number of hydrogen-bond donors (Lipinski definition) is 1. The Bertz CT molecular complexity index is 1270. The second-order valence-electron chi connectivity index (χ2n) is 8.35. The van der Waals surface area contributed by atoms with Crippen LogP contribution in [0.4, 0.5) is 17.1 Å². The van der Waals surface area contributed by atoms with Gasteiger partial charge in [0.25, 0.3) is 5.91 Å². The number of nitrogens with zero attached hydrogens (tertiary/aromatic N) is 3. The number of carbonyl (C=O) groups is 1. The summed E-state index contributed by atoms with van der Waals surface area (Å²) in [6.45, 7) is 4.81. The second-order valence-corrected chi connectivity index (χ2v) is 8.35.